The third kappa shape index (κ3) is 5.58. The van der Waals surface area contributed by atoms with Crippen molar-refractivity contribution >= 4 is 55.3 Å². The van der Waals surface area contributed by atoms with Crippen molar-refractivity contribution in [3.8, 4) is 0 Å². The van der Waals surface area contributed by atoms with Crippen molar-refractivity contribution in [1.82, 2.24) is 0 Å². The maximum absolute atomic E-state index is 12.3. The zero-order valence-electron chi connectivity index (χ0n) is 12.9. The molecule has 2 rings (SSSR count). The predicted octanol–water partition coefficient (Wildman–Crippen LogP) is 5.36. The second-order valence-corrected chi connectivity index (χ2v) is 8.37. The van der Waals surface area contributed by atoms with Gasteiger partial charge in [-0.3, -0.25) is 9.59 Å². The topological polar surface area (TPSA) is 52.6 Å². The highest BCUT2D eigenvalue weighted by Crippen LogP contribution is 2.32. The quantitative estimate of drug-likeness (QED) is 0.242. The molecule has 0 aliphatic rings. The molecule has 8 heteroatoms. The fourth-order valence-electron chi connectivity index (χ4n) is 1.73. The Morgan fingerprint density at radius 2 is 1.00 bits per heavy atom. The fourth-order valence-corrected chi connectivity index (χ4v) is 4.07. The van der Waals surface area contributed by atoms with E-state index in [1.807, 2.05) is 0 Å². The first-order valence-electron chi connectivity index (χ1n) is 6.69. The zero-order chi connectivity index (χ0) is 17.4. The van der Waals surface area contributed by atoms with Crippen LogP contribution in [-0.2, 0) is 8.37 Å². The zero-order valence-corrected chi connectivity index (χ0v) is 16.2. The monoisotopic (exact) mass is 398 g/mol. The van der Waals surface area contributed by atoms with E-state index in [4.69, 9.17) is 8.37 Å². The van der Waals surface area contributed by atoms with Crippen molar-refractivity contribution in [2.24, 2.45) is 0 Å². The number of rotatable bonds is 9. The summed E-state index contributed by atoms with van der Waals surface area (Å²) in [5, 5.41) is 0. The molecule has 2 aromatic carbocycles. The minimum absolute atomic E-state index is 0.375. The van der Waals surface area contributed by atoms with Gasteiger partial charge in [0.2, 0.25) is 11.6 Å². The Morgan fingerprint density at radius 1 is 0.667 bits per heavy atom. The lowest BCUT2D eigenvalue weighted by atomic mass is 10.0. The molecular formula is C16H14O4S4. The minimum atomic E-state index is -0.516. The highest BCUT2D eigenvalue weighted by molar-refractivity contribution is 8.75. The van der Waals surface area contributed by atoms with E-state index in [1.165, 1.54) is 43.7 Å². The number of carbonyl (C=O) groups excluding carboxylic acids is 2. The van der Waals surface area contributed by atoms with Crippen molar-refractivity contribution in [3.63, 3.8) is 0 Å². The van der Waals surface area contributed by atoms with Crippen LogP contribution in [0.2, 0.25) is 0 Å². The predicted molar refractivity (Wildman–Crippen MR) is 102 cm³/mol. The van der Waals surface area contributed by atoms with Gasteiger partial charge in [0, 0.05) is 20.9 Å². The van der Waals surface area contributed by atoms with Crippen molar-refractivity contribution in [1.29, 1.82) is 0 Å². The van der Waals surface area contributed by atoms with Gasteiger partial charge in [-0.2, -0.15) is 0 Å². The maximum Gasteiger partial charge on any atom is 0.233 e. The molecule has 0 aromatic heterocycles. The molecule has 24 heavy (non-hydrogen) atoms. The van der Waals surface area contributed by atoms with E-state index in [2.05, 4.69) is 0 Å². The van der Waals surface area contributed by atoms with E-state index in [-0.39, 0.29) is 0 Å². The smallest absolute Gasteiger partial charge is 0.233 e. The second kappa shape index (κ2) is 10.2. The summed E-state index contributed by atoms with van der Waals surface area (Å²) in [7, 11) is 6.05. The molecule has 0 radical (unpaired) electrons. The van der Waals surface area contributed by atoms with Gasteiger partial charge in [-0.1, -0.05) is 0 Å². The lowest BCUT2D eigenvalue weighted by Gasteiger charge is -2.04. The summed E-state index contributed by atoms with van der Waals surface area (Å²) in [5.74, 6) is -1.03. The van der Waals surface area contributed by atoms with E-state index >= 15 is 0 Å². The SMILES string of the molecule is COSSc1ccc(C(=O)C(=O)c2ccc(SSOC)cc2)cc1. The fraction of sp³-hybridized carbons (Fsp3) is 0.125. The Bertz CT molecular complexity index is 625. The Kier molecular flexibility index (Phi) is 8.23. The lowest BCUT2D eigenvalue weighted by molar-refractivity contribution is 0.0817. The summed E-state index contributed by atoms with van der Waals surface area (Å²) in [5.41, 5.74) is 0.750. The molecular weight excluding hydrogens is 384 g/mol. The second-order valence-electron chi connectivity index (χ2n) is 4.34. The molecule has 0 amide bonds. The third-order valence-corrected chi connectivity index (χ3v) is 6.55. The molecule has 2 aromatic rings. The first kappa shape index (κ1) is 19.4. The summed E-state index contributed by atoms with van der Waals surface area (Å²) in [6, 6.07) is 13.8. The van der Waals surface area contributed by atoms with Gasteiger partial charge < -0.3 is 8.37 Å². The summed E-state index contributed by atoms with van der Waals surface area (Å²) in [6.07, 6.45) is 0. The molecule has 0 N–H and O–H groups in total. The molecule has 4 nitrogen and oxygen atoms in total. The number of Topliss-reactive ketones (excluding diaryl/α,β-unsaturated/α-hetero) is 2. The molecule has 0 saturated carbocycles. The molecule has 0 atom stereocenters. The van der Waals surface area contributed by atoms with Gasteiger partial charge >= 0.3 is 0 Å². The van der Waals surface area contributed by atoms with Gasteiger partial charge in [0.25, 0.3) is 0 Å². The van der Waals surface area contributed by atoms with Crippen molar-refractivity contribution in [2.75, 3.05) is 14.2 Å². The standard InChI is InChI=1S/C16H14O4S4/c1-19-23-21-13-7-3-11(4-8-13)15(17)16(18)12-5-9-14(10-6-12)22-24-20-2/h3-10H,1-2H3. The van der Waals surface area contributed by atoms with E-state index in [0.717, 1.165) is 9.79 Å². The molecule has 0 fully saturated rings. The van der Waals surface area contributed by atoms with E-state index in [0.29, 0.717) is 11.1 Å². The summed E-state index contributed by atoms with van der Waals surface area (Å²) in [4.78, 5) is 26.5. The van der Waals surface area contributed by atoms with Gasteiger partial charge in [-0.25, -0.2) is 0 Å². The normalized spacial score (nSPS) is 10.6. The molecule has 0 aliphatic heterocycles. The van der Waals surface area contributed by atoms with Crippen LogP contribution in [0.1, 0.15) is 20.7 Å². The number of carbonyl (C=O) groups is 2. The Hall–Kier alpha value is -0.900. The number of hydrogen-bond donors (Lipinski definition) is 0. The van der Waals surface area contributed by atoms with E-state index in [9.17, 15) is 9.59 Å². The molecule has 0 saturated heterocycles. The summed E-state index contributed by atoms with van der Waals surface area (Å²) in [6.45, 7) is 0. The van der Waals surface area contributed by atoms with Crippen LogP contribution in [0.5, 0.6) is 0 Å². The Labute approximate surface area is 156 Å². The van der Waals surface area contributed by atoms with E-state index < -0.39 is 11.6 Å². The van der Waals surface area contributed by atoms with Crippen LogP contribution < -0.4 is 0 Å². The number of benzene rings is 2. The first-order chi connectivity index (χ1) is 11.7. The van der Waals surface area contributed by atoms with Crippen LogP contribution in [-0.4, -0.2) is 25.8 Å². The molecule has 126 valence electrons. The third-order valence-electron chi connectivity index (χ3n) is 2.84. The van der Waals surface area contributed by atoms with Gasteiger partial charge in [-0.15, -0.1) is 0 Å². The van der Waals surface area contributed by atoms with Crippen LogP contribution in [0.25, 0.3) is 0 Å². The van der Waals surface area contributed by atoms with Gasteiger partial charge in [0.1, 0.15) is 0 Å². The Morgan fingerprint density at radius 3 is 1.29 bits per heavy atom. The van der Waals surface area contributed by atoms with Crippen molar-refractivity contribution in [2.45, 2.75) is 9.79 Å². The molecule has 0 aliphatic carbocycles. The van der Waals surface area contributed by atoms with Crippen LogP contribution in [0.3, 0.4) is 0 Å². The largest absolute Gasteiger partial charge is 0.308 e. The minimum Gasteiger partial charge on any atom is -0.308 e. The highest BCUT2D eigenvalue weighted by Gasteiger charge is 2.18. The van der Waals surface area contributed by atoms with Crippen LogP contribution in [0, 0.1) is 0 Å². The van der Waals surface area contributed by atoms with E-state index in [1.54, 1.807) is 62.8 Å². The number of ketones is 2. The Balaban J connectivity index is 2.04. The highest BCUT2D eigenvalue weighted by atomic mass is 33.1. The van der Waals surface area contributed by atoms with Crippen LogP contribution >= 0.6 is 43.7 Å². The first-order valence-corrected chi connectivity index (χ1v) is 10.8. The van der Waals surface area contributed by atoms with Crippen molar-refractivity contribution < 1.29 is 18.0 Å². The maximum atomic E-state index is 12.3. The average Bonchev–Trinajstić information content (AvgIpc) is 2.64. The average molecular weight is 399 g/mol. The lowest BCUT2D eigenvalue weighted by Crippen LogP contribution is -2.14. The molecule has 0 unspecified atom stereocenters. The molecule has 0 bridgehead atoms. The summed E-state index contributed by atoms with van der Waals surface area (Å²) >= 11 is 2.48. The van der Waals surface area contributed by atoms with Crippen LogP contribution in [0.15, 0.2) is 58.3 Å². The van der Waals surface area contributed by atoms with Crippen LogP contribution in [0.4, 0.5) is 0 Å². The summed E-state index contributed by atoms with van der Waals surface area (Å²) < 4.78 is 9.80. The van der Waals surface area contributed by atoms with Gasteiger partial charge in [0.05, 0.1) is 36.4 Å². The van der Waals surface area contributed by atoms with Crippen molar-refractivity contribution in [3.05, 3.63) is 59.7 Å². The van der Waals surface area contributed by atoms with Gasteiger partial charge in [-0.05, 0) is 70.1 Å². The molecule has 0 spiro atoms. The van der Waals surface area contributed by atoms with Gasteiger partial charge in [0.15, 0.2) is 0 Å². The molecule has 0 heterocycles. The number of hydrogen-bond acceptors (Lipinski definition) is 8.